The molecule has 1 spiro atoms. The van der Waals surface area contributed by atoms with Gasteiger partial charge >= 0.3 is 5.97 Å². The van der Waals surface area contributed by atoms with E-state index in [0.717, 1.165) is 38.5 Å². The summed E-state index contributed by atoms with van der Waals surface area (Å²) in [4.78, 5) is 11.7. The lowest BCUT2D eigenvalue weighted by Gasteiger charge is -2.29. The maximum Gasteiger partial charge on any atom is 0.309 e. The molecule has 3 aliphatic rings. The number of aliphatic carboxylic acids is 1. The minimum atomic E-state index is -0.590. The van der Waals surface area contributed by atoms with Crippen LogP contribution in [0.3, 0.4) is 0 Å². The molecule has 2 aliphatic carbocycles. The predicted octanol–water partition coefficient (Wildman–Crippen LogP) is 3.76. The molecule has 3 atom stereocenters. The summed E-state index contributed by atoms with van der Waals surface area (Å²) in [5.74, 6) is -0.0363. The highest BCUT2D eigenvalue weighted by Crippen LogP contribution is 2.50. The van der Waals surface area contributed by atoms with Crippen molar-refractivity contribution in [1.29, 1.82) is 0 Å². The van der Waals surface area contributed by atoms with Gasteiger partial charge < -0.3 is 9.84 Å². The van der Waals surface area contributed by atoms with Gasteiger partial charge in [-0.2, -0.15) is 0 Å². The molecule has 0 amide bonds. The smallest absolute Gasteiger partial charge is 0.309 e. The maximum absolute atomic E-state index is 11.7. The summed E-state index contributed by atoms with van der Waals surface area (Å²) in [6.45, 7) is 2.18. The molecule has 108 valence electrons. The van der Waals surface area contributed by atoms with E-state index in [1.54, 1.807) is 0 Å². The minimum absolute atomic E-state index is 0.134. The molecule has 1 saturated heterocycles. The number of ether oxygens (including phenoxy) is 1. The lowest BCUT2D eigenvalue weighted by Crippen LogP contribution is -2.34. The molecule has 3 nitrogen and oxygen atoms in total. The lowest BCUT2D eigenvalue weighted by molar-refractivity contribution is -0.152. The van der Waals surface area contributed by atoms with Crippen molar-refractivity contribution in [2.75, 3.05) is 0 Å². The summed E-state index contributed by atoms with van der Waals surface area (Å²) < 4.78 is 6.32. The van der Waals surface area contributed by atoms with E-state index in [2.05, 4.69) is 6.92 Å². The SMILES string of the molecule is CC1CCC(CC2CCC3(CCCC3)O2)(C(=O)O)C1. The van der Waals surface area contributed by atoms with Crippen LogP contribution in [0, 0.1) is 11.3 Å². The van der Waals surface area contributed by atoms with Gasteiger partial charge in [0.1, 0.15) is 0 Å². The zero-order valence-corrected chi connectivity index (χ0v) is 12.0. The third-order valence-electron chi connectivity index (χ3n) is 5.78. The van der Waals surface area contributed by atoms with E-state index in [4.69, 9.17) is 4.74 Å². The fourth-order valence-electron chi connectivity index (χ4n) is 4.72. The second-order valence-corrected chi connectivity index (χ2v) is 7.31. The number of carboxylic acids is 1. The molecule has 19 heavy (non-hydrogen) atoms. The van der Waals surface area contributed by atoms with E-state index in [9.17, 15) is 9.90 Å². The Morgan fingerprint density at radius 2 is 1.95 bits per heavy atom. The highest BCUT2D eigenvalue weighted by molar-refractivity contribution is 5.75. The van der Waals surface area contributed by atoms with Crippen LogP contribution < -0.4 is 0 Å². The second kappa shape index (κ2) is 4.76. The van der Waals surface area contributed by atoms with Crippen molar-refractivity contribution in [1.82, 2.24) is 0 Å². The number of hydrogen-bond acceptors (Lipinski definition) is 2. The molecule has 1 heterocycles. The molecule has 0 aromatic heterocycles. The van der Waals surface area contributed by atoms with Crippen LogP contribution in [0.5, 0.6) is 0 Å². The number of hydrogen-bond donors (Lipinski definition) is 1. The zero-order valence-electron chi connectivity index (χ0n) is 12.0. The summed E-state index contributed by atoms with van der Waals surface area (Å²) in [5.41, 5.74) is -0.358. The van der Waals surface area contributed by atoms with Crippen LogP contribution >= 0.6 is 0 Å². The standard InChI is InChI=1S/C16H26O3/c1-12-4-8-15(10-12,14(17)18)11-13-5-9-16(19-13)6-2-3-7-16/h12-13H,2-11H2,1H3,(H,17,18). The fourth-order valence-corrected chi connectivity index (χ4v) is 4.72. The number of carboxylic acid groups (broad SMARTS) is 1. The zero-order chi connectivity index (χ0) is 13.5. The average Bonchev–Trinajstić information content (AvgIpc) is 3.05. The molecule has 0 radical (unpaired) electrons. The van der Waals surface area contributed by atoms with Crippen molar-refractivity contribution in [3.63, 3.8) is 0 Å². The van der Waals surface area contributed by atoms with Crippen LogP contribution in [-0.4, -0.2) is 22.8 Å². The Morgan fingerprint density at radius 1 is 1.21 bits per heavy atom. The lowest BCUT2D eigenvalue weighted by atomic mass is 9.79. The van der Waals surface area contributed by atoms with Gasteiger partial charge in [0.15, 0.2) is 0 Å². The van der Waals surface area contributed by atoms with Gasteiger partial charge in [-0.3, -0.25) is 4.79 Å². The largest absolute Gasteiger partial charge is 0.481 e. The van der Waals surface area contributed by atoms with Crippen LogP contribution in [0.25, 0.3) is 0 Å². The summed E-state index contributed by atoms with van der Waals surface area (Å²) in [7, 11) is 0. The third kappa shape index (κ3) is 2.42. The van der Waals surface area contributed by atoms with Gasteiger partial charge in [-0.15, -0.1) is 0 Å². The monoisotopic (exact) mass is 266 g/mol. The van der Waals surface area contributed by atoms with Gasteiger partial charge in [0.25, 0.3) is 0 Å². The second-order valence-electron chi connectivity index (χ2n) is 7.31. The van der Waals surface area contributed by atoms with Crippen LogP contribution in [0.4, 0.5) is 0 Å². The minimum Gasteiger partial charge on any atom is -0.481 e. The summed E-state index contributed by atoms with van der Waals surface area (Å²) >= 11 is 0. The molecule has 0 aromatic carbocycles. The molecule has 2 saturated carbocycles. The first-order chi connectivity index (χ1) is 9.04. The van der Waals surface area contributed by atoms with Crippen molar-refractivity contribution in [2.45, 2.75) is 82.8 Å². The first-order valence-corrected chi connectivity index (χ1v) is 7.95. The molecule has 3 fully saturated rings. The van der Waals surface area contributed by atoms with Crippen molar-refractivity contribution in [3.05, 3.63) is 0 Å². The molecule has 0 aromatic rings. The maximum atomic E-state index is 11.7. The van der Waals surface area contributed by atoms with Gasteiger partial charge in [0.05, 0.1) is 17.1 Å². The van der Waals surface area contributed by atoms with E-state index in [1.807, 2.05) is 0 Å². The van der Waals surface area contributed by atoms with E-state index in [1.165, 1.54) is 25.7 Å². The Morgan fingerprint density at radius 3 is 2.53 bits per heavy atom. The molecular weight excluding hydrogens is 240 g/mol. The first-order valence-electron chi connectivity index (χ1n) is 7.95. The number of carbonyl (C=O) groups is 1. The van der Waals surface area contributed by atoms with Crippen molar-refractivity contribution >= 4 is 5.97 Å². The molecular formula is C16H26O3. The van der Waals surface area contributed by atoms with Gasteiger partial charge in [0, 0.05) is 0 Å². The topological polar surface area (TPSA) is 46.5 Å². The van der Waals surface area contributed by atoms with Crippen molar-refractivity contribution < 1.29 is 14.6 Å². The van der Waals surface area contributed by atoms with Crippen LogP contribution in [-0.2, 0) is 9.53 Å². The molecule has 0 bridgehead atoms. The Kier molecular flexibility index (Phi) is 3.36. The van der Waals surface area contributed by atoms with Gasteiger partial charge in [-0.1, -0.05) is 19.8 Å². The third-order valence-corrected chi connectivity index (χ3v) is 5.78. The van der Waals surface area contributed by atoms with E-state index in [0.29, 0.717) is 5.92 Å². The van der Waals surface area contributed by atoms with Gasteiger partial charge in [-0.25, -0.2) is 0 Å². The summed E-state index contributed by atoms with van der Waals surface area (Å²) in [5, 5.41) is 9.64. The Hall–Kier alpha value is -0.570. The Labute approximate surface area is 115 Å². The fraction of sp³-hybridized carbons (Fsp3) is 0.938. The number of rotatable bonds is 3. The predicted molar refractivity (Wildman–Crippen MR) is 73.0 cm³/mol. The van der Waals surface area contributed by atoms with Crippen LogP contribution in [0.2, 0.25) is 0 Å². The highest BCUT2D eigenvalue weighted by atomic mass is 16.5. The van der Waals surface area contributed by atoms with Crippen molar-refractivity contribution in [3.8, 4) is 0 Å². The normalized spacial score (nSPS) is 41.1. The molecule has 1 aliphatic heterocycles. The van der Waals surface area contributed by atoms with Gasteiger partial charge in [0.2, 0.25) is 0 Å². The average molecular weight is 266 g/mol. The molecule has 3 heteroatoms. The van der Waals surface area contributed by atoms with Crippen molar-refractivity contribution in [2.24, 2.45) is 11.3 Å². The Bertz CT molecular complexity index is 359. The molecule has 3 rings (SSSR count). The van der Waals surface area contributed by atoms with E-state index in [-0.39, 0.29) is 11.7 Å². The van der Waals surface area contributed by atoms with Crippen LogP contribution in [0.15, 0.2) is 0 Å². The molecule has 3 unspecified atom stereocenters. The quantitative estimate of drug-likeness (QED) is 0.846. The summed E-state index contributed by atoms with van der Waals surface area (Å²) in [6.07, 6.45) is 10.9. The van der Waals surface area contributed by atoms with E-state index >= 15 is 0 Å². The highest BCUT2D eigenvalue weighted by Gasteiger charge is 2.49. The molecule has 1 N–H and O–H groups in total. The Balaban J connectivity index is 1.66. The first kappa shape index (κ1) is 13.4. The van der Waals surface area contributed by atoms with Crippen LogP contribution in [0.1, 0.15) is 71.1 Å². The van der Waals surface area contributed by atoms with Gasteiger partial charge in [-0.05, 0) is 57.3 Å². The summed E-state index contributed by atoms with van der Waals surface area (Å²) in [6, 6.07) is 0. The van der Waals surface area contributed by atoms with E-state index < -0.39 is 11.4 Å².